The summed E-state index contributed by atoms with van der Waals surface area (Å²) < 4.78 is 40.9. The summed E-state index contributed by atoms with van der Waals surface area (Å²) >= 11 is 0. The second-order valence-corrected chi connectivity index (χ2v) is 7.26. The molecule has 3 N–H and O–H groups in total. The Bertz CT molecular complexity index is 945. The minimum Gasteiger partial charge on any atom is -0.506 e. The average Bonchev–Trinajstić information content (AvgIpc) is 2.72. The zero-order valence-corrected chi connectivity index (χ0v) is 13.7. The van der Waals surface area contributed by atoms with E-state index in [1.54, 1.807) is 16.9 Å². The van der Waals surface area contributed by atoms with Crippen LogP contribution in [0.1, 0.15) is 13.8 Å². The highest BCUT2D eigenvalue weighted by Gasteiger charge is 2.38. The van der Waals surface area contributed by atoms with E-state index in [-0.39, 0.29) is 11.6 Å². The number of pyridine rings is 1. The number of carbonyl (C=O) groups is 1. The number of phenols is 1. The lowest BCUT2D eigenvalue weighted by Crippen LogP contribution is -2.30. The van der Waals surface area contributed by atoms with Gasteiger partial charge in [0.05, 0.1) is 0 Å². The van der Waals surface area contributed by atoms with Gasteiger partial charge in [-0.1, -0.05) is 0 Å². The molecule has 10 heteroatoms. The van der Waals surface area contributed by atoms with Crippen molar-refractivity contribution in [3.05, 3.63) is 24.0 Å². The lowest BCUT2D eigenvalue weighted by Gasteiger charge is -2.18. The first-order chi connectivity index (χ1) is 11.2. The molecule has 0 unspecified atom stereocenters. The summed E-state index contributed by atoms with van der Waals surface area (Å²) in [6.07, 6.45) is 0. The zero-order valence-electron chi connectivity index (χ0n) is 12.9. The van der Waals surface area contributed by atoms with E-state index < -0.39 is 39.9 Å². The number of carbonyl (C=O) groups excluding carboxylic acids is 1. The molecule has 1 aromatic carbocycles. The maximum absolute atomic E-state index is 14.9. The quantitative estimate of drug-likeness (QED) is 0.760. The zero-order chi connectivity index (χ0) is 17.6. The molecule has 1 fully saturated rings. The third-order valence-corrected chi connectivity index (χ3v) is 4.76. The Morgan fingerprint density at radius 1 is 1.42 bits per heavy atom. The Hall–Kier alpha value is -2.62. The molecule has 8 nitrogen and oxygen atoms in total. The van der Waals surface area contributed by atoms with Crippen molar-refractivity contribution in [1.82, 2.24) is 9.71 Å². The van der Waals surface area contributed by atoms with Gasteiger partial charge in [-0.15, -0.1) is 0 Å². The van der Waals surface area contributed by atoms with E-state index in [1.807, 2.05) is 13.8 Å². The Morgan fingerprint density at radius 2 is 2.12 bits per heavy atom. The summed E-state index contributed by atoms with van der Waals surface area (Å²) in [4.78, 5) is 15.5. The number of benzene rings is 1. The molecular formula is C14H15FN4O4S. The molecule has 128 valence electrons. The monoisotopic (exact) mass is 354 g/mol. The average molecular weight is 354 g/mol. The van der Waals surface area contributed by atoms with Crippen LogP contribution >= 0.6 is 0 Å². The molecule has 1 aromatic heterocycles. The Kier molecular flexibility index (Phi) is 3.71. The van der Waals surface area contributed by atoms with Crippen molar-refractivity contribution in [3.63, 3.8) is 0 Å². The number of phenolic OH excluding ortho intramolecular Hbond substituents is 1. The fourth-order valence-corrected chi connectivity index (χ4v) is 3.63. The van der Waals surface area contributed by atoms with Crippen molar-refractivity contribution in [2.24, 2.45) is 0 Å². The minimum absolute atomic E-state index is 0.0652. The first kappa shape index (κ1) is 16.2. The number of nitrogens with one attached hydrogen (secondary N) is 2. The van der Waals surface area contributed by atoms with Gasteiger partial charge in [0.25, 0.3) is 5.91 Å². The summed E-state index contributed by atoms with van der Waals surface area (Å²) in [5.74, 6) is -2.01. The van der Waals surface area contributed by atoms with E-state index >= 15 is 0 Å². The maximum atomic E-state index is 14.9. The fourth-order valence-electron chi connectivity index (χ4n) is 2.46. The van der Waals surface area contributed by atoms with Crippen molar-refractivity contribution in [2.45, 2.75) is 19.9 Å². The summed E-state index contributed by atoms with van der Waals surface area (Å²) in [5, 5.41) is 13.4. The van der Waals surface area contributed by atoms with E-state index in [0.29, 0.717) is 15.5 Å². The molecule has 0 bridgehead atoms. The molecule has 2 aromatic rings. The number of halogens is 1. The Labute approximate surface area is 137 Å². The minimum atomic E-state index is -4.24. The molecule has 3 rings (SSSR count). The SMILES string of the molecule is CC(C)Nc1ccc2cc(O)c(N3CC(=O)NS3(=O)=O)c(F)c2n1. The molecule has 0 saturated carbocycles. The molecule has 1 saturated heterocycles. The highest BCUT2D eigenvalue weighted by Crippen LogP contribution is 2.38. The molecular weight excluding hydrogens is 339 g/mol. The fraction of sp³-hybridized carbons (Fsp3) is 0.286. The van der Waals surface area contributed by atoms with Crippen molar-refractivity contribution in [1.29, 1.82) is 0 Å². The van der Waals surface area contributed by atoms with E-state index in [4.69, 9.17) is 0 Å². The van der Waals surface area contributed by atoms with Gasteiger partial charge >= 0.3 is 10.2 Å². The second-order valence-electron chi connectivity index (χ2n) is 5.66. The van der Waals surface area contributed by atoms with Crippen LogP contribution in [-0.2, 0) is 15.0 Å². The van der Waals surface area contributed by atoms with Crippen LogP contribution in [0.4, 0.5) is 15.9 Å². The number of aromatic hydroxyl groups is 1. The lowest BCUT2D eigenvalue weighted by molar-refractivity contribution is -0.117. The Balaban J connectivity index is 2.20. The number of anilines is 2. The van der Waals surface area contributed by atoms with Crippen molar-refractivity contribution < 1.29 is 22.7 Å². The third-order valence-electron chi connectivity index (χ3n) is 3.38. The predicted octanol–water partition coefficient (Wildman–Crippen LogP) is 1.08. The summed E-state index contributed by atoms with van der Waals surface area (Å²) in [5.41, 5.74) is -0.710. The molecule has 0 atom stereocenters. The predicted molar refractivity (Wildman–Crippen MR) is 86.5 cm³/mol. The Morgan fingerprint density at radius 3 is 2.71 bits per heavy atom. The van der Waals surface area contributed by atoms with E-state index in [9.17, 15) is 22.7 Å². The normalized spacial score (nSPS) is 16.7. The van der Waals surface area contributed by atoms with Gasteiger partial charge in [-0.05, 0) is 32.0 Å². The molecule has 0 spiro atoms. The first-order valence-corrected chi connectivity index (χ1v) is 8.55. The molecule has 2 heterocycles. The number of hydrogen-bond donors (Lipinski definition) is 3. The van der Waals surface area contributed by atoms with Crippen LogP contribution in [-0.4, -0.2) is 37.0 Å². The van der Waals surface area contributed by atoms with Gasteiger partial charge in [0.2, 0.25) is 0 Å². The topological polar surface area (TPSA) is 112 Å². The van der Waals surface area contributed by atoms with Crippen LogP contribution in [0, 0.1) is 5.82 Å². The van der Waals surface area contributed by atoms with Crippen LogP contribution in [0.2, 0.25) is 0 Å². The maximum Gasteiger partial charge on any atom is 0.326 e. The number of fused-ring (bicyclic) bond motifs is 1. The van der Waals surface area contributed by atoms with Crippen LogP contribution in [0.5, 0.6) is 5.75 Å². The largest absolute Gasteiger partial charge is 0.506 e. The standard InChI is InChI=1S/C14H15FN4O4S/c1-7(2)16-10-4-3-8-5-9(20)14(12(15)13(8)17-10)19-6-11(21)18-24(19,22)23/h3-5,7,20H,6H2,1-2H3,(H,16,17)(H,18,21). The van der Waals surface area contributed by atoms with Gasteiger partial charge < -0.3 is 10.4 Å². The van der Waals surface area contributed by atoms with Gasteiger partial charge in [0.1, 0.15) is 29.3 Å². The van der Waals surface area contributed by atoms with Crippen LogP contribution in [0.15, 0.2) is 18.2 Å². The molecule has 0 aliphatic carbocycles. The smallest absolute Gasteiger partial charge is 0.326 e. The number of aromatic nitrogens is 1. The van der Waals surface area contributed by atoms with Crippen LogP contribution in [0.3, 0.4) is 0 Å². The van der Waals surface area contributed by atoms with Gasteiger partial charge in [0, 0.05) is 11.4 Å². The number of rotatable bonds is 3. The van der Waals surface area contributed by atoms with Gasteiger partial charge in [-0.3, -0.25) is 4.79 Å². The van der Waals surface area contributed by atoms with E-state index in [2.05, 4.69) is 10.3 Å². The van der Waals surface area contributed by atoms with E-state index in [1.165, 1.54) is 6.07 Å². The number of nitrogens with zero attached hydrogens (tertiary/aromatic N) is 2. The molecule has 1 aliphatic heterocycles. The third kappa shape index (κ3) is 2.68. The van der Waals surface area contributed by atoms with Crippen molar-refractivity contribution in [2.75, 3.05) is 16.2 Å². The first-order valence-electron chi connectivity index (χ1n) is 7.11. The number of hydrogen-bond acceptors (Lipinski definition) is 6. The summed E-state index contributed by atoms with van der Waals surface area (Å²) in [7, 11) is -4.24. The van der Waals surface area contributed by atoms with E-state index in [0.717, 1.165) is 0 Å². The van der Waals surface area contributed by atoms with Crippen molar-refractivity contribution in [3.8, 4) is 5.75 Å². The summed E-state index contributed by atoms with van der Waals surface area (Å²) in [6.45, 7) is 3.17. The second kappa shape index (κ2) is 5.48. The highest BCUT2D eigenvalue weighted by molar-refractivity contribution is 7.92. The lowest BCUT2D eigenvalue weighted by atomic mass is 10.1. The molecule has 1 amide bonds. The van der Waals surface area contributed by atoms with Crippen LogP contribution < -0.4 is 14.3 Å². The van der Waals surface area contributed by atoms with Gasteiger partial charge in [-0.2, -0.15) is 8.42 Å². The van der Waals surface area contributed by atoms with Crippen LogP contribution in [0.25, 0.3) is 10.9 Å². The van der Waals surface area contributed by atoms with Gasteiger partial charge in [-0.25, -0.2) is 18.4 Å². The molecule has 1 aliphatic rings. The molecule has 0 radical (unpaired) electrons. The van der Waals surface area contributed by atoms with Crippen molar-refractivity contribution >= 4 is 38.5 Å². The van der Waals surface area contributed by atoms with Gasteiger partial charge in [0.15, 0.2) is 5.82 Å². The summed E-state index contributed by atoms with van der Waals surface area (Å²) in [6, 6.07) is 4.45. The highest BCUT2D eigenvalue weighted by atomic mass is 32.2. The molecule has 24 heavy (non-hydrogen) atoms. The number of amides is 1.